The molecule has 0 aliphatic carbocycles. The third-order valence-corrected chi connectivity index (χ3v) is 3.95. The molecule has 5 heteroatoms. The smallest absolute Gasteiger partial charge is 0.368 e. The topological polar surface area (TPSA) is 65.7 Å². The SMILES string of the molecule is CN(CCC#N)c1ccc(C=C2C(=O)ON=C2c2ccccc2)cc1. The highest BCUT2D eigenvalue weighted by Gasteiger charge is 2.26. The highest BCUT2D eigenvalue weighted by molar-refractivity contribution is 6.31. The van der Waals surface area contributed by atoms with E-state index in [4.69, 9.17) is 10.1 Å². The summed E-state index contributed by atoms with van der Waals surface area (Å²) in [5.74, 6) is -0.450. The van der Waals surface area contributed by atoms with Crippen LogP contribution in [0.25, 0.3) is 6.08 Å². The molecule has 0 amide bonds. The van der Waals surface area contributed by atoms with Gasteiger partial charge in [-0.15, -0.1) is 0 Å². The third kappa shape index (κ3) is 3.75. The maximum Gasteiger partial charge on any atom is 0.368 e. The maximum absolute atomic E-state index is 12.0. The molecule has 2 aromatic rings. The number of carbonyl (C=O) groups is 1. The van der Waals surface area contributed by atoms with Gasteiger partial charge in [-0.2, -0.15) is 5.26 Å². The Morgan fingerprint density at radius 2 is 1.88 bits per heavy atom. The van der Waals surface area contributed by atoms with Crippen molar-refractivity contribution >= 4 is 23.4 Å². The van der Waals surface area contributed by atoms with Crippen molar-refractivity contribution in [2.75, 3.05) is 18.5 Å². The lowest BCUT2D eigenvalue weighted by Crippen LogP contribution is -2.17. The van der Waals surface area contributed by atoms with Crippen molar-refractivity contribution in [3.8, 4) is 6.07 Å². The van der Waals surface area contributed by atoms with Gasteiger partial charge >= 0.3 is 5.97 Å². The fourth-order valence-corrected chi connectivity index (χ4v) is 2.55. The lowest BCUT2D eigenvalue weighted by molar-refractivity contribution is -0.136. The molecular formula is C20H17N3O2. The molecular weight excluding hydrogens is 314 g/mol. The van der Waals surface area contributed by atoms with E-state index < -0.39 is 5.97 Å². The highest BCUT2D eigenvalue weighted by Crippen LogP contribution is 2.22. The number of oxime groups is 1. The second-order valence-corrected chi connectivity index (χ2v) is 5.66. The summed E-state index contributed by atoms with van der Waals surface area (Å²) in [5.41, 5.74) is 3.73. The first-order valence-corrected chi connectivity index (χ1v) is 7.94. The number of anilines is 1. The number of nitriles is 1. The lowest BCUT2D eigenvalue weighted by atomic mass is 10.0. The van der Waals surface area contributed by atoms with Crippen LogP contribution in [0.15, 0.2) is 65.3 Å². The average Bonchev–Trinajstić information content (AvgIpc) is 3.01. The lowest BCUT2D eigenvalue weighted by Gasteiger charge is -2.17. The van der Waals surface area contributed by atoms with Crippen molar-refractivity contribution in [2.45, 2.75) is 6.42 Å². The van der Waals surface area contributed by atoms with Crippen LogP contribution < -0.4 is 4.90 Å². The Kier molecular flexibility index (Phi) is 4.91. The van der Waals surface area contributed by atoms with Crippen LogP contribution in [0.1, 0.15) is 17.5 Å². The summed E-state index contributed by atoms with van der Waals surface area (Å²) in [7, 11) is 1.94. The average molecular weight is 331 g/mol. The molecule has 0 bridgehead atoms. The molecule has 3 rings (SSSR count). The third-order valence-electron chi connectivity index (χ3n) is 3.95. The molecule has 25 heavy (non-hydrogen) atoms. The number of hydrogen-bond acceptors (Lipinski definition) is 5. The largest absolute Gasteiger partial charge is 0.374 e. The van der Waals surface area contributed by atoms with Crippen LogP contribution in [0.2, 0.25) is 0 Å². The molecule has 2 aromatic carbocycles. The zero-order valence-electron chi connectivity index (χ0n) is 13.8. The van der Waals surface area contributed by atoms with E-state index in [1.54, 1.807) is 6.08 Å². The van der Waals surface area contributed by atoms with Crippen molar-refractivity contribution in [1.29, 1.82) is 5.26 Å². The van der Waals surface area contributed by atoms with E-state index >= 15 is 0 Å². The number of rotatable bonds is 5. The Morgan fingerprint density at radius 1 is 1.16 bits per heavy atom. The standard InChI is InChI=1S/C20H17N3O2/c1-23(13-5-12-21)17-10-8-15(9-11-17)14-18-19(22-25-20(18)24)16-6-3-2-4-7-16/h2-4,6-11,14H,5,13H2,1H3. The van der Waals surface area contributed by atoms with Gasteiger partial charge in [0, 0.05) is 24.8 Å². The Labute approximate surface area is 146 Å². The fourth-order valence-electron chi connectivity index (χ4n) is 2.55. The van der Waals surface area contributed by atoms with E-state index in [0.29, 0.717) is 24.3 Å². The minimum absolute atomic E-state index is 0.441. The van der Waals surface area contributed by atoms with E-state index in [1.807, 2.05) is 66.5 Å². The van der Waals surface area contributed by atoms with Gasteiger partial charge in [0.1, 0.15) is 5.71 Å². The van der Waals surface area contributed by atoms with Crippen molar-refractivity contribution in [1.82, 2.24) is 0 Å². The Morgan fingerprint density at radius 3 is 2.56 bits per heavy atom. The molecule has 0 aromatic heterocycles. The van der Waals surface area contributed by atoms with E-state index in [2.05, 4.69) is 11.2 Å². The fraction of sp³-hybridized carbons (Fsp3) is 0.150. The van der Waals surface area contributed by atoms with Crippen LogP contribution in [0.4, 0.5) is 5.69 Å². The molecule has 124 valence electrons. The Balaban J connectivity index is 1.83. The van der Waals surface area contributed by atoms with Gasteiger partial charge in [0.05, 0.1) is 18.1 Å². The van der Waals surface area contributed by atoms with Crippen LogP contribution in [-0.2, 0) is 9.63 Å². The van der Waals surface area contributed by atoms with Crippen LogP contribution in [0.5, 0.6) is 0 Å². The number of carbonyl (C=O) groups excluding carboxylic acids is 1. The second kappa shape index (κ2) is 7.45. The first-order chi connectivity index (χ1) is 12.2. The maximum atomic E-state index is 12.0. The summed E-state index contributed by atoms with van der Waals surface area (Å²) in [5, 5.41) is 12.6. The van der Waals surface area contributed by atoms with Gasteiger partial charge in [-0.3, -0.25) is 0 Å². The number of benzene rings is 2. The zero-order valence-corrected chi connectivity index (χ0v) is 13.8. The van der Waals surface area contributed by atoms with Crippen molar-refractivity contribution in [2.24, 2.45) is 5.16 Å². The summed E-state index contributed by atoms with van der Waals surface area (Å²) in [6.07, 6.45) is 2.26. The van der Waals surface area contributed by atoms with Gasteiger partial charge in [0.2, 0.25) is 0 Å². The van der Waals surface area contributed by atoms with Gasteiger partial charge in [-0.25, -0.2) is 4.79 Å². The van der Waals surface area contributed by atoms with Gasteiger partial charge in [0.15, 0.2) is 0 Å². The predicted molar refractivity (Wildman–Crippen MR) is 97.0 cm³/mol. The molecule has 1 aliphatic rings. The van der Waals surface area contributed by atoms with E-state index in [9.17, 15) is 4.79 Å². The molecule has 0 unspecified atom stereocenters. The molecule has 0 fully saturated rings. The van der Waals surface area contributed by atoms with Crippen molar-refractivity contribution in [3.63, 3.8) is 0 Å². The van der Waals surface area contributed by atoms with Gasteiger partial charge in [0.25, 0.3) is 0 Å². The molecule has 0 atom stereocenters. The first-order valence-electron chi connectivity index (χ1n) is 7.94. The number of hydrogen-bond donors (Lipinski definition) is 0. The van der Waals surface area contributed by atoms with E-state index in [-0.39, 0.29) is 0 Å². The van der Waals surface area contributed by atoms with Crippen molar-refractivity contribution < 1.29 is 9.63 Å². The van der Waals surface area contributed by atoms with Crippen LogP contribution in [0.3, 0.4) is 0 Å². The summed E-state index contributed by atoms with van der Waals surface area (Å²) in [6.45, 7) is 0.675. The molecule has 0 saturated heterocycles. The van der Waals surface area contributed by atoms with Crippen LogP contribution in [-0.4, -0.2) is 25.3 Å². The van der Waals surface area contributed by atoms with Crippen LogP contribution >= 0.6 is 0 Å². The molecule has 5 nitrogen and oxygen atoms in total. The van der Waals surface area contributed by atoms with Crippen molar-refractivity contribution in [3.05, 3.63) is 71.3 Å². The monoisotopic (exact) mass is 331 g/mol. The Bertz CT molecular complexity index is 862. The summed E-state index contributed by atoms with van der Waals surface area (Å²) >= 11 is 0. The van der Waals surface area contributed by atoms with Crippen LogP contribution in [0, 0.1) is 11.3 Å². The van der Waals surface area contributed by atoms with E-state index in [0.717, 1.165) is 16.8 Å². The minimum atomic E-state index is -0.450. The zero-order chi connectivity index (χ0) is 17.6. The van der Waals surface area contributed by atoms with Gasteiger partial charge in [-0.05, 0) is 23.8 Å². The molecule has 0 spiro atoms. The number of nitrogens with zero attached hydrogens (tertiary/aromatic N) is 3. The molecule has 0 radical (unpaired) electrons. The quantitative estimate of drug-likeness (QED) is 0.622. The molecule has 0 saturated carbocycles. The molecule has 0 N–H and O–H groups in total. The Hall–Kier alpha value is -3.39. The molecule has 1 aliphatic heterocycles. The first kappa shape index (κ1) is 16.5. The molecule has 1 heterocycles. The predicted octanol–water partition coefficient (Wildman–Crippen LogP) is 3.38. The summed E-state index contributed by atoms with van der Waals surface area (Å²) in [4.78, 5) is 18.9. The highest BCUT2D eigenvalue weighted by atomic mass is 16.7. The summed E-state index contributed by atoms with van der Waals surface area (Å²) < 4.78 is 0. The minimum Gasteiger partial charge on any atom is -0.374 e. The normalized spacial score (nSPS) is 14.8. The van der Waals surface area contributed by atoms with Gasteiger partial charge < -0.3 is 9.74 Å². The second-order valence-electron chi connectivity index (χ2n) is 5.66. The van der Waals surface area contributed by atoms with E-state index in [1.165, 1.54) is 0 Å². The van der Waals surface area contributed by atoms with Gasteiger partial charge in [-0.1, -0.05) is 47.6 Å². The summed E-state index contributed by atoms with van der Waals surface area (Å²) in [6, 6.07) is 19.4.